The molecule has 1 aromatic heterocycles. The minimum absolute atomic E-state index is 0.0816. The number of benzene rings is 2. The van der Waals surface area contributed by atoms with Crippen LogP contribution in [0.1, 0.15) is 16.1 Å². The molecule has 3 aromatic rings. The zero-order chi connectivity index (χ0) is 21.0. The van der Waals surface area contributed by atoms with E-state index in [1.165, 1.54) is 4.31 Å². The van der Waals surface area contributed by atoms with E-state index in [-0.39, 0.29) is 17.3 Å². The molecule has 0 atom stereocenters. The van der Waals surface area contributed by atoms with E-state index < -0.39 is 10.0 Å². The Balaban J connectivity index is 1.48. The zero-order valence-corrected chi connectivity index (χ0v) is 17.1. The van der Waals surface area contributed by atoms with Gasteiger partial charge in [0.25, 0.3) is 5.91 Å². The number of morpholine rings is 1. The monoisotopic (exact) mass is 426 g/mol. The summed E-state index contributed by atoms with van der Waals surface area (Å²) in [6.07, 6.45) is 0. The molecule has 2 N–H and O–H groups in total. The van der Waals surface area contributed by atoms with Gasteiger partial charge in [-0.3, -0.25) is 9.89 Å². The highest BCUT2D eigenvalue weighted by molar-refractivity contribution is 7.89. The number of aromatic nitrogens is 2. The minimum atomic E-state index is -3.66. The summed E-state index contributed by atoms with van der Waals surface area (Å²) in [5.41, 5.74) is 2.40. The van der Waals surface area contributed by atoms with Gasteiger partial charge in [0.1, 0.15) is 5.69 Å². The number of H-pyrrole nitrogens is 1. The third kappa shape index (κ3) is 4.28. The normalized spacial score (nSPS) is 15.1. The van der Waals surface area contributed by atoms with Gasteiger partial charge in [0, 0.05) is 25.2 Å². The summed E-state index contributed by atoms with van der Waals surface area (Å²) in [7, 11) is -3.66. The van der Waals surface area contributed by atoms with E-state index in [1.807, 2.05) is 30.3 Å². The largest absolute Gasteiger partial charge is 0.379 e. The fourth-order valence-corrected chi connectivity index (χ4v) is 4.92. The maximum absolute atomic E-state index is 13.0. The van der Waals surface area contributed by atoms with Gasteiger partial charge in [-0.25, -0.2) is 8.42 Å². The van der Waals surface area contributed by atoms with Gasteiger partial charge >= 0.3 is 0 Å². The number of hydrogen-bond donors (Lipinski definition) is 2. The smallest absolute Gasteiger partial charge is 0.269 e. The summed E-state index contributed by atoms with van der Waals surface area (Å²) in [6.45, 7) is 1.47. The highest BCUT2D eigenvalue weighted by atomic mass is 32.2. The number of amides is 1. The second kappa shape index (κ2) is 8.78. The van der Waals surface area contributed by atoms with Crippen LogP contribution in [-0.4, -0.2) is 55.1 Å². The molecule has 0 unspecified atom stereocenters. The second-order valence-electron chi connectivity index (χ2n) is 6.84. The first kappa shape index (κ1) is 20.3. The average Bonchev–Trinajstić information content (AvgIpc) is 3.29. The van der Waals surface area contributed by atoms with Crippen LogP contribution in [-0.2, 0) is 21.3 Å². The second-order valence-corrected chi connectivity index (χ2v) is 8.75. The van der Waals surface area contributed by atoms with Crippen molar-refractivity contribution in [2.75, 3.05) is 26.3 Å². The lowest BCUT2D eigenvalue weighted by atomic mass is 10.1. The van der Waals surface area contributed by atoms with Gasteiger partial charge in [0.15, 0.2) is 0 Å². The molecule has 1 aliphatic rings. The molecule has 2 heterocycles. The quantitative estimate of drug-likeness (QED) is 0.628. The first-order valence-electron chi connectivity index (χ1n) is 9.60. The summed E-state index contributed by atoms with van der Waals surface area (Å²) in [6, 6.07) is 17.9. The molecule has 30 heavy (non-hydrogen) atoms. The number of carbonyl (C=O) groups is 1. The number of aromatic amines is 1. The van der Waals surface area contributed by atoms with Crippen molar-refractivity contribution >= 4 is 15.9 Å². The lowest BCUT2D eigenvalue weighted by Crippen LogP contribution is -2.41. The van der Waals surface area contributed by atoms with Gasteiger partial charge in [-0.2, -0.15) is 9.40 Å². The molecule has 0 radical (unpaired) electrons. The number of hydrogen-bond acceptors (Lipinski definition) is 5. The van der Waals surface area contributed by atoms with Crippen LogP contribution in [0.5, 0.6) is 0 Å². The zero-order valence-electron chi connectivity index (χ0n) is 16.2. The number of ether oxygens (including phenoxy) is 1. The Morgan fingerprint density at radius 3 is 2.53 bits per heavy atom. The molecule has 4 rings (SSSR count). The lowest BCUT2D eigenvalue weighted by Gasteiger charge is -2.27. The summed E-state index contributed by atoms with van der Waals surface area (Å²) in [5.74, 6) is -0.358. The molecule has 0 aliphatic carbocycles. The van der Waals surface area contributed by atoms with Gasteiger partial charge in [0.2, 0.25) is 10.0 Å². The molecular formula is C21H22N4O4S. The fraction of sp³-hybridized carbons (Fsp3) is 0.238. The lowest BCUT2D eigenvalue weighted by molar-refractivity contribution is 0.0730. The van der Waals surface area contributed by atoms with Crippen molar-refractivity contribution in [3.05, 3.63) is 71.9 Å². The Kier molecular flexibility index (Phi) is 5.93. The van der Waals surface area contributed by atoms with Crippen molar-refractivity contribution in [2.45, 2.75) is 11.4 Å². The molecule has 0 spiro atoms. The Hall–Kier alpha value is -3.01. The van der Waals surface area contributed by atoms with Crippen LogP contribution in [0.4, 0.5) is 0 Å². The maximum atomic E-state index is 13.0. The molecule has 1 aliphatic heterocycles. The first-order valence-corrected chi connectivity index (χ1v) is 11.0. The van der Waals surface area contributed by atoms with Crippen LogP contribution >= 0.6 is 0 Å². The molecule has 1 saturated heterocycles. The number of nitrogens with one attached hydrogen (secondary N) is 2. The predicted octanol–water partition coefficient (Wildman–Crippen LogP) is 2.03. The summed E-state index contributed by atoms with van der Waals surface area (Å²) in [5, 5.41) is 9.69. The van der Waals surface area contributed by atoms with E-state index in [0.29, 0.717) is 43.3 Å². The van der Waals surface area contributed by atoms with E-state index in [9.17, 15) is 13.2 Å². The van der Waals surface area contributed by atoms with Crippen molar-refractivity contribution in [3.63, 3.8) is 0 Å². The van der Waals surface area contributed by atoms with E-state index in [1.54, 1.807) is 30.3 Å². The molecule has 0 bridgehead atoms. The first-order chi connectivity index (χ1) is 14.6. The van der Waals surface area contributed by atoms with E-state index >= 15 is 0 Å². The molecule has 8 nitrogen and oxygen atoms in total. The van der Waals surface area contributed by atoms with Crippen molar-refractivity contribution in [3.8, 4) is 11.3 Å². The van der Waals surface area contributed by atoms with Gasteiger partial charge < -0.3 is 10.1 Å². The van der Waals surface area contributed by atoms with Crippen LogP contribution in [0.15, 0.2) is 65.6 Å². The van der Waals surface area contributed by atoms with Gasteiger partial charge in [-0.15, -0.1) is 0 Å². The van der Waals surface area contributed by atoms with E-state index in [0.717, 1.165) is 5.56 Å². The van der Waals surface area contributed by atoms with Gasteiger partial charge in [-0.05, 0) is 17.7 Å². The van der Waals surface area contributed by atoms with E-state index in [2.05, 4.69) is 15.5 Å². The number of nitrogens with zero attached hydrogens (tertiary/aromatic N) is 2. The average molecular weight is 426 g/mol. The Labute approximate surface area is 174 Å². The highest BCUT2D eigenvalue weighted by Gasteiger charge is 2.28. The number of rotatable bonds is 6. The summed E-state index contributed by atoms with van der Waals surface area (Å²) < 4.78 is 32.7. The Morgan fingerprint density at radius 1 is 1.07 bits per heavy atom. The minimum Gasteiger partial charge on any atom is -0.379 e. The van der Waals surface area contributed by atoms with Crippen molar-refractivity contribution in [1.82, 2.24) is 19.8 Å². The SMILES string of the molecule is O=C(NCc1ccccc1S(=O)(=O)N1CCOCC1)c1cc(-c2ccccc2)n[nH]1. The Bertz CT molecular complexity index is 1120. The molecule has 9 heteroatoms. The molecular weight excluding hydrogens is 404 g/mol. The molecule has 0 saturated carbocycles. The van der Waals surface area contributed by atoms with Crippen LogP contribution in [0, 0.1) is 0 Å². The Morgan fingerprint density at radius 2 is 1.77 bits per heavy atom. The molecule has 1 fully saturated rings. The highest BCUT2D eigenvalue weighted by Crippen LogP contribution is 2.21. The van der Waals surface area contributed by atoms with Crippen molar-refractivity contribution < 1.29 is 17.9 Å². The topological polar surface area (TPSA) is 104 Å². The third-order valence-corrected chi connectivity index (χ3v) is 6.89. The maximum Gasteiger partial charge on any atom is 0.269 e. The number of sulfonamides is 1. The van der Waals surface area contributed by atoms with Crippen LogP contribution in [0.2, 0.25) is 0 Å². The molecule has 156 valence electrons. The van der Waals surface area contributed by atoms with Crippen molar-refractivity contribution in [2.24, 2.45) is 0 Å². The van der Waals surface area contributed by atoms with E-state index in [4.69, 9.17) is 4.74 Å². The summed E-state index contributed by atoms with van der Waals surface area (Å²) in [4.78, 5) is 12.8. The summed E-state index contributed by atoms with van der Waals surface area (Å²) >= 11 is 0. The third-order valence-electron chi connectivity index (χ3n) is 4.89. The van der Waals surface area contributed by atoms with Crippen molar-refractivity contribution in [1.29, 1.82) is 0 Å². The van der Waals surface area contributed by atoms with Crippen LogP contribution in [0.25, 0.3) is 11.3 Å². The molecule has 2 aromatic carbocycles. The molecule has 1 amide bonds. The van der Waals surface area contributed by atoms with Crippen LogP contribution < -0.4 is 5.32 Å². The standard InChI is InChI=1S/C21H22N4O4S/c26-21(19-14-18(23-24-19)16-6-2-1-3-7-16)22-15-17-8-4-5-9-20(17)30(27,28)25-10-12-29-13-11-25/h1-9,14H,10-13,15H2,(H,22,26)(H,23,24). The van der Waals surface area contributed by atoms with Gasteiger partial charge in [-0.1, -0.05) is 48.5 Å². The van der Waals surface area contributed by atoms with Gasteiger partial charge in [0.05, 0.1) is 23.8 Å². The number of carbonyl (C=O) groups excluding carboxylic acids is 1. The predicted molar refractivity (Wildman–Crippen MR) is 111 cm³/mol. The fourth-order valence-electron chi connectivity index (χ4n) is 3.29. The van der Waals surface area contributed by atoms with Crippen LogP contribution in [0.3, 0.4) is 0 Å².